The molecule has 1 aliphatic rings. The van der Waals surface area contributed by atoms with Crippen LogP contribution in [0, 0.1) is 5.92 Å². The van der Waals surface area contributed by atoms with Gasteiger partial charge < -0.3 is 14.9 Å². The Bertz CT molecular complexity index is 410. The normalized spacial score (nSPS) is 19.1. The first kappa shape index (κ1) is 16.5. The lowest BCUT2D eigenvalue weighted by molar-refractivity contribution is 0.106. The van der Waals surface area contributed by atoms with Crippen molar-refractivity contribution in [3.8, 4) is 0 Å². The highest BCUT2D eigenvalue weighted by Gasteiger charge is 2.19. The van der Waals surface area contributed by atoms with Crippen molar-refractivity contribution < 1.29 is 5.11 Å². The van der Waals surface area contributed by atoms with Gasteiger partial charge in [0.15, 0.2) is 0 Å². The number of hydrogen-bond acceptors (Lipinski definition) is 3. The fraction of sp³-hybridized carbons (Fsp3) is 0.667. The molecular weight excluding hydrogens is 260 g/mol. The number of rotatable bonds is 6. The maximum atomic E-state index is 10.4. The van der Waals surface area contributed by atoms with E-state index >= 15 is 0 Å². The minimum absolute atomic E-state index is 0.382. The van der Waals surface area contributed by atoms with Crippen molar-refractivity contribution in [2.75, 3.05) is 40.3 Å². The van der Waals surface area contributed by atoms with Crippen LogP contribution < -0.4 is 0 Å². The maximum Gasteiger partial charge on any atom is 0.0916 e. The lowest BCUT2D eigenvalue weighted by Gasteiger charge is -2.32. The van der Waals surface area contributed by atoms with Crippen molar-refractivity contribution in [3.63, 3.8) is 0 Å². The summed E-state index contributed by atoms with van der Waals surface area (Å²) in [5.41, 5.74) is 2.35. The number of aliphatic hydroxyl groups excluding tert-OH is 1. The predicted molar refractivity (Wildman–Crippen MR) is 88.5 cm³/mol. The fourth-order valence-electron chi connectivity index (χ4n) is 3.14. The third kappa shape index (κ3) is 5.10. The van der Waals surface area contributed by atoms with Crippen LogP contribution in [0.25, 0.3) is 0 Å². The van der Waals surface area contributed by atoms with E-state index in [0.29, 0.717) is 0 Å². The first-order valence-electron chi connectivity index (χ1n) is 8.22. The first-order valence-corrected chi connectivity index (χ1v) is 8.22. The van der Waals surface area contributed by atoms with Crippen molar-refractivity contribution in [2.45, 2.75) is 32.3 Å². The Kier molecular flexibility index (Phi) is 6.22. The molecule has 1 aromatic carbocycles. The van der Waals surface area contributed by atoms with Crippen molar-refractivity contribution in [3.05, 3.63) is 35.4 Å². The van der Waals surface area contributed by atoms with Crippen LogP contribution in [-0.2, 0) is 6.42 Å². The molecular formula is C18H30N2O. The monoisotopic (exact) mass is 290 g/mol. The molecule has 1 N–H and O–H groups in total. The molecule has 1 aliphatic heterocycles. The zero-order valence-corrected chi connectivity index (χ0v) is 13.8. The number of piperidine rings is 1. The molecule has 1 saturated heterocycles. The second kappa shape index (κ2) is 7.92. The SMILES string of the molecule is CCc1ccc(C(O)CN(C)CC2CCN(C)CC2)cc1. The third-order valence-electron chi connectivity index (χ3n) is 4.67. The smallest absolute Gasteiger partial charge is 0.0916 e. The van der Waals surface area contributed by atoms with Gasteiger partial charge in [0.25, 0.3) is 0 Å². The van der Waals surface area contributed by atoms with Gasteiger partial charge in [-0.2, -0.15) is 0 Å². The number of aliphatic hydroxyl groups is 1. The molecule has 0 bridgehead atoms. The molecule has 118 valence electrons. The third-order valence-corrected chi connectivity index (χ3v) is 4.67. The number of benzene rings is 1. The van der Waals surface area contributed by atoms with Gasteiger partial charge in [0, 0.05) is 13.1 Å². The first-order chi connectivity index (χ1) is 10.1. The molecule has 0 aromatic heterocycles. The summed E-state index contributed by atoms with van der Waals surface area (Å²) in [5.74, 6) is 0.779. The van der Waals surface area contributed by atoms with Gasteiger partial charge in [-0.05, 0) is 63.5 Å². The van der Waals surface area contributed by atoms with Crippen molar-refractivity contribution >= 4 is 0 Å². The second-order valence-electron chi connectivity index (χ2n) is 6.58. The average molecular weight is 290 g/mol. The Morgan fingerprint density at radius 2 is 1.86 bits per heavy atom. The average Bonchev–Trinajstić information content (AvgIpc) is 2.49. The summed E-state index contributed by atoms with van der Waals surface area (Å²) in [6.45, 7) is 6.38. The number of likely N-dealkylation sites (N-methyl/N-ethyl adjacent to an activating group) is 1. The van der Waals surface area contributed by atoms with Gasteiger partial charge >= 0.3 is 0 Å². The summed E-state index contributed by atoms with van der Waals surface area (Å²) < 4.78 is 0. The summed E-state index contributed by atoms with van der Waals surface area (Å²) in [6, 6.07) is 8.37. The van der Waals surface area contributed by atoms with Crippen molar-refractivity contribution in [2.24, 2.45) is 5.92 Å². The molecule has 0 radical (unpaired) electrons. The van der Waals surface area contributed by atoms with Crippen LogP contribution >= 0.6 is 0 Å². The molecule has 1 aromatic rings. The van der Waals surface area contributed by atoms with Gasteiger partial charge in [-0.15, -0.1) is 0 Å². The predicted octanol–water partition coefficient (Wildman–Crippen LogP) is 2.56. The molecule has 0 saturated carbocycles. The van der Waals surface area contributed by atoms with Crippen molar-refractivity contribution in [1.29, 1.82) is 0 Å². The molecule has 2 rings (SSSR count). The Hall–Kier alpha value is -0.900. The number of likely N-dealkylation sites (tertiary alicyclic amines) is 1. The number of aryl methyl sites for hydroxylation is 1. The van der Waals surface area contributed by atoms with Crippen LogP contribution in [-0.4, -0.2) is 55.2 Å². The molecule has 1 atom stereocenters. The van der Waals surface area contributed by atoms with Gasteiger partial charge in [-0.25, -0.2) is 0 Å². The molecule has 1 unspecified atom stereocenters. The van der Waals surface area contributed by atoms with E-state index in [9.17, 15) is 5.11 Å². The standard InChI is InChI=1S/C18H30N2O/c1-4-15-5-7-17(8-6-15)18(21)14-20(3)13-16-9-11-19(2)12-10-16/h5-8,16,18,21H,4,9-14H2,1-3H3. The molecule has 3 heteroatoms. The van der Waals surface area contributed by atoms with Crippen molar-refractivity contribution in [1.82, 2.24) is 9.80 Å². The largest absolute Gasteiger partial charge is 0.387 e. The fourth-order valence-corrected chi connectivity index (χ4v) is 3.14. The van der Waals surface area contributed by atoms with E-state index in [1.807, 2.05) is 0 Å². The van der Waals surface area contributed by atoms with E-state index in [1.165, 1.54) is 31.5 Å². The van der Waals surface area contributed by atoms with Gasteiger partial charge in [-0.3, -0.25) is 0 Å². The lowest BCUT2D eigenvalue weighted by atomic mass is 9.96. The van der Waals surface area contributed by atoms with E-state index in [0.717, 1.165) is 31.0 Å². The number of hydrogen-bond donors (Lipinski definition) is 1. The lowest BCUT2D eigenvalue weighted by Crippen LogP contribution is -2.37. The maximum absolute atomic E-state index is 10.4. The molecule has 0 amide bonds. The minimum atomic E-state index is -0.382. The zero-order valence-electron chi connectivity index (χ0n) is 13.8. The van der Waals surface area contributed by atoms with E-state index in [1.54, 1.807) is 0 Å². The molecule has 0 spiro atoms. The zero-order chi connectivity index (χ0) is 15.2. The summed E-state index contributed by atoms with van der Waals surface area (Å²) in [5, 5.41) is 10.4. The highest BCUT2D eigenvalue weighted by molar-refractivity contribution is 5.24. The summed E-state index contributed by atoms with van der Waals surface area (Å²) >= 11 is 0. The Morgan fingerprint density at radius 1 is 1.24 bits per heavy atom. The van der Waals surface area contributed by atoms with Crippen LogP contribution in [0.1, 0.15) is 37.0 Å². The summed E-state index contributed by atoms with van der Waals surface area (Å²) in [6.07, 6.45) is 3.23. The molecule has 3 nitrogen and oxygen atoms in total. The van der Waals surface area contributed by atoms with E-state index < -0.39 is 0 Å². The summed E-state index contributed by atoms with van der Waals surface area (Å²) in [4.78, 5) is 4.69. The quantitative estimate of drug-likeness (QED) is 0.872. The second-order valence-corrected chi connectivity index (χ2v) is 6.58. The Balaban J connectivity index is 1.79. The Labute approximate surface area is 129 Å². The highest BCUT2D eigenvalue weighted by Crippen LogP contribution is 2.19. The van der Waals surface area contributed by atoms with Crippen LogP contribution in [0.2, 0.25) is 0 Å². The minimum Gasteiger partial charge on any atom is -0.387 e. The van der Waals surface area contributed by atoms with Crippen LogP contribution in [0.4, 0.5) is 0 Å². The van der Waals surface area contributed by atoms with E-state index in [4.69, 9.17) is 0 Å². The molecule has 1 heterocycles. The van der Waals surface area contributed by atoms with Gasteiger partial charge in [0.2, 0.25) is 0 Å². The molecule has 1 fully saturated rings. The molecule has 0 aliphatic carbocycles. The van der Waals surface area contributed by atoms with Gasteiger partial charge in [0.1, 0.15) is 0 Å². The van der Waals surface area contributed by atoms with E-state index in [-0.39, 0.29) is 6.10 Å². The van der Waals surface area contributed by atoms with Gasteiger partial charge in [0.05, 0.1) is 6.10 Å². The molecule has 21 heavy (non-hydrogen) atoms. The topological polar surface area (TPSA) is 26.7 Å². The highest BCUT2D eigenvalue weighted by atomic mass is 16.3. The number of nitrogens with zero attached hydrogens (tertiary/aromatic N) is 2. The van der Waals surface area contributed by atoms with Crippen LogP contribution in [0.3, 0.4) is 0 Å². The Morgan fingerprint density at radius 3 is 2.43 bits per heavy atom. The van der Waals surface area contributed by atoms with Gasteiger partial charge in [-0.1, -0.05) is 31.2 Å². The van der Waals surface area contributed by atoms with Crippen LogP contribution in [0.15, 0.2) is 24.3 Å². The van der Waals surface area contributed by atoms with Crippen LogP contribution in [0.5, 0.6) is 0 Å². The summed E-state index contributed by atoms with van der Waals surface area (Å²) in [7, 11) is 4.33. The van der Waals surface area contributed by atoms with E-state index in [2.05, 4.69) is 55.1 Å².